The number of hydrogen-bond acceptors (Lipinski definition) is 1. The zero-order valence-corrected chi connectivity index (χ0v) is 10.9. The summed E-state index contributed by atoms with van der Waals surface area (Å²) in [6.07, 6.45) is 2.58. The summed E-state index contributed by atoms with van der Waals surface area (Å²) in [5.74, 6) is 0.208. The summed E-state index contributed by atoms with van der Waals surface area (Å²) < 4.78 is 0. The molecule has 0 bridgehead atoms. The van der Waals surface area contributed by atoms with Gasteiger partial charge in [0.15, 0.2) is 0 Å². The van der Waals surface area contributed by atoms with Crippen LogP contribution in [0, 0.1) is 0 Å². The van der Waals surface area contributed by atoms with Crippen molar-refractivity contribution in [3.05, 3.63) is 41.5 Å². The Morgan fingerprint density at radius 2 is 1.76 bits per heavy atom. The number of carbonyl (C=O) groups is 1. The van der Waals surface area contributed by atoms with Crippen molar-refractivity contribution in [1.82, 2.24) is 4.90 Å². The largest absolute Gasteiger partial charge is 0.343 e. The molecule has 1 amide bonds. The van der Waals surface area contributed by atoms with Gasteiger partial charge in [-0.1, -0.05) is 42.0 Å². The molecule has 0 saturated carbocycles. The number of amides is 1. The van der Waals surface area contributed by atoms with Crippen LogP contribution in [0.15, 0.2) is 35.9 Å². The first kappa shape index (κ1) is 13.5. The molecule has 0 aliphatic heterocycles. The van der Waals surface area contributed by atoms with Gasteiger partial charge in [-0.3, -0.25) is 4.79 Å². The van der Waals surface area contributed by atoms with E-state index in [0.29, 0.717) is 6.42 Å². The van der Waals surface area contributed by atoms with Crippen LogP contribution in [0.25, 0.3) is 6.08 Å². The second-order valence-electron chi connectivity index (χ2n) is 4.14. The maximum Gasteiger partial charge on any atom is 0.226 e. The topological polar surface area (TPSA) is 20.3 Å². The fraction of sp³-hybridized carbons (Fsp3) is 0.400. The lowest BCUT2D eigenvalue weighted by Crippen LogP contribution is -2.30. The highest BCUT2D eigenvalue weighted by atomic mass is 16.2. The van der Waals surface area contributed by atoms with Crippen LogP contribution < -0.4 is 0 Å². The van der Waals surface area contributed by atoms with Crippen molar-refractivity contribution in [1.29, 1.82) is 0 Å². The first-order valence-corrected chi connectivity index (χ1v) is 6.17. The molecule has 0 aliphatic rings. The Hall–Kier alpha value is -1.57. The monoisotopic (exact) mass is 231 g/mol. The van der Waals surface area contributed by atoms with Crippen molar-refractivity contribution in [2.75, 3.05) is 13.1 Å². The van der Waals surface area contributed by atoms with Crippen LogP contribution in [0.4, 0.5) is 0 Å². The molecule has 0 heterocycles. The highest BCUT2D eigenvalue weighted by Gasteiger charge is 2.09. The summed E-state index contributed by atoms with van der Waals surface area (Å²) in [6, 6.07) is 10.1. The number of hydrogen-bond donors (Lipinski definition) is 0. The van der Waals surface area contributed by atoms with Gasteiger partial charge in [-0.2, -0.15) is 0 Å². The highest BCUT2D eigenvalue weighted by molar-refractivity contribution is 5.80. The Morgan fingerprint density at radius 3 is 2.29 bits per heavy atom. The second-order valence-corrected chi connectivity index (χ2v) is 4.14. The molecule has 0 atom stereocenters. The third-order valence-electron chi connectivity index (χ3n) is 2.76. The van der Waals surface area contributed by atoms with Crippen LogP contribution in [0.3, 0.4) is 0 Å². The van der Waals surface area contributed by atoms with E-state index in [1.165, 1.54) is 0 Å². The average Bonchev–Trinajstić information content (AvgIpc) is 2.31. The van der Waals surface area contributed by atoms with E-state index in [1.54, 1.807) is 0 Å². The van der Waals surface area contributed by atoms with E-state index in [2.05, 4.69) is 6.08 Å². The van der Waals surface area contributed by atoms with Gasteiger partial charge in [0.25, 0.3) is 0 Å². The molecule has 0 N–H and O–H groups in total. The van der Waals surface area contributed by atoms with Gasteiger partial charge in [-0.05, 0) is 26.3 Å². The fourth-order valence-electron chi connectivity index (χ4n) is 1.81. The summed E-state index contributed by atoms with van der Waals surface area (Å²) in [5.41, 5.74) is 2.26. The lowest BCUT2D eigenvalue weighted by Gasteiger charge is -2.18. The summed E-state index contributed by atoms with van der Waals surface area (Å²) in [6.45, 7) is 7.60. The molecule has 0 aliphatic carbocycles. The molecule has 1 aromatic carbocycles. The van der Waals surface area contributed by atoms with Crippen molar-refractivity contribution < 1.29 is 4.79 Å². The van der Waals surface area contributed by atoms with Crippen molar-refractivity contribution in [3.63, 3.8) is 0 Å². The average molecular weight is 231 g/mol. The summed E-state index contributed by atoms with van der Waals surface area (Å²) in [4.78, 5) is 13.8. The van der Waals surface area contributed by atoms with Crippen LogP contribution in [0.2, 0.25) is 0 Å². The quantitative estimate of drug-likeness (QED) is 0.761. The van der Waals surface area contributed by atoms with Gasteiger partial charge in [0.1, 0.15) is 0 Å². The molecule has 92 valence electrons. The summed E-state index contributed by atoms with van der Waals surface area (Å²) >= 11 is 0. The number of carbonyl (C=O) groups excluding carboxylic acids is 1. The van der Waals surface area contributed by atoms with E-state index in [1.807, 2.05) is 56.0 Å². The van der Waals surface area contributed by atoms with Crippen molar-refractivity contribution in [2.45, 2.75) is 27.2 Å². The van der Waals surface area contributed by atoms with E-state index >= 15 is 0 Å². The lowest BCUT2D eigenvalue weighted by atomic mass is 10.1. The predicted octanol–water partition coefficient (Wildman–Crippen LogP) is 3.35. The van der Waals surface area contributed by atoms with Gasteiger partial charge in [0.05, 0.1) is 0 Å². The molecule has 0 aromatic heterocycles. The first-order chi connectivity index (χ1) is 8.17. The van der Waals surface area contributed by atoms with E-state index in [-0.39, 0.29) is 5.91 Å². The Labute approximate surface area is 104 Å². The fourth-order valence-corrected chi connectivity index (χ4v) is 1.81. The number of rotatable bonds is 5. The van der Waals surface area contributed by atoms with E-state index in [0.717, 1.165) is 24.2 Å². The smallest absolute Gasteiger partial charge is 0.226 e. The lowest BCUT2D eigenvalue weighted by molar-refractivity contribution is -0.130. The maximum absolute atomic E-state index is 11.9. The van der Waals surface area contributed by atoms with Gasteiger partial charge in [-0.15, -0.1) is 0 Å². The summed E-state index contributed by atoms with van der Waals surface area (Å²) in [7, 11) is 0. The molecule has 0 saturated heterocycles. The van der Waals surface area contributed by atoms with Gasteiger partial charge < -0.3 is 4.90 Å². The zero-order valence-electron chi connectivity index (χ0n) is 10.9. The van der Waals surface area contributed by atoms with E-state index in [9.17, 15) is 4.79 Å². The van der Waals surface area contributed by atoms with Gasteiger partial charge in [-0.25, -0.2) is 0 Å². The second kappa shape index (κ2) is 6.89. The predicted molar refractivity (Wildman–Crippen MR) is 72.6 cm³/mol. The molecule has 1 aromatic rings. The minimum atomic E-state index is 0.208. The molecule has 0 spiro atoms. The SMILES string of the molecule is CCN(CC)C(=O)C/C(C)=C\c1ccccc1. The van der Waals surface area contributed by atoms with Crippen LogP contribution >= 0.6 is 0 Å². The molecular weight excluding hydrogens is 210 g/mol. The van der Waals surface area contributed by atoms with Crippen LogP contribution in [-0.2, 0) is 4.79 Å². The number of nitrogens with zero attached hydrogens (tertiary/aromatic N) is 1. The van der Waals surface area contributed by atoms with Gasteiger partial charge in [0, 0.05) is 19.5 Å². The van der Waals surface area contributed by atoms with Crippen LogP contribution in [0.5, 0.6) is 0 Å². The summed E-state index contributed by atoms with van der Waals surface area (Å²) in [5, 5.41) is 0. The molecule has 0 fully saturated rings. The Balaban J connectivity index is 2.63. The minimum absolute atomic E-state index is 0.208. The normalized spacial score (nSPS) is 11.4. The Kier molecular flexibility index (Phi) is 5.47. The Morgan fingerprint density at radius 1 is 1.18 bits per heavy atom. The Bertz CT molecular complexity index is 377. The van der Waals surface area contributed by atoms with Crippen molar-refractivity contribution in [3.8, 4) is 0 Å². The molecule has 0 radical (unpaired) electrons. The molecule has 2 nitrogen and oxygen atoms in total. The van der Waals surface area contributed by atoms with Gasteiger partial charge in [0.2, 0.25) is 5.91 Å². The van der Waals surface area contributed by atoms with Crippen molar-refractivity contribution >= 4 is 12.0 Å². The first-order valence-electron chi connectivity index (χ1n) is 6.17. The van der Waals surface area contributed by atoms with Crippen LogP contribution in [-0.4, -0.2) is 23.9 Å². The third kappa shape index (κ3) is 4.43. The molecule has 2 heteroatoms. The standard InChI is InChI=1S/C15H21NO/c1-4-16(5-2)15(17)12-13(3)11-14-9-7-6-8-10-14/h6-11H,4-5,12H2,1-3H3/b13-11-. The third-order valence-corrected chi connectivity index (χ3v) is 2.76. The number of benzene rings is 1. The van der Waals surface area contributed by atoms with E-state index < -0.39 is 0 Å². The molecule has 17 heavy (non-hydrogen) atoms. The zero-order chi connectivity index (χ0) is 12.7. The molecule has 0 unspecified atom stereocenters. The van der Waals surface area contributed by atoms with Crippen LogP contribution in [0.1, 0.15) is 32.8 Å². The van der Waals surface area contributed by atoms with Gasteiger partial charge >= 0.3 is 0 Å². The van der Waals surface area contributed by atoms with E-state index in [4.69, 9.17) is 0 Å². The molecular formula is C15H21NO. The maximum atomic E-state index is 11.9. The van der Waals surface area contributed by atoms with Crippen molar-refractivity contribution in [2.24, 2.45) is 0 Å². The highest BCUT2D eigenvalue weighted by Crippen LogP contribution is 2.10. The minimum Gasteiger partial charge on any atom is -0.343 e. The molecule has 1 rings (SSSR count).